The fourth-order valence-corrected chi connectivity index (χ4v) is 2.85. The Morgan fingerprint density at radius 3 is 2.52 bits per heavy atom. The van der Waals surface area contributed by atoms with Crippen LogP contribution in [0.5, 0.6) is 0 Å². The molecular weight excluding hydrogens is 288 g/mol. The topological polar surface area (TPSA) is 72.1 Å². The van der Waals surface area contributed by atoms with Crippen molar-refractivity contribution in [3.8, 4) is 0 Å². The molecule has 0 radical (unpaired) electrons. The van der Waals surface area contributed by atoms with Crippen LogP contribution in [0, 0.1) is 0 Å². The lowest BCUT2D eigenvalue weighted by Crippen LogP contribution is -2.41. The summed E-state index contributed by atoms with van der Waals surface area (Å²) in [6.45, 7) is 6.28. The van der Waals surface area contributed by atoms with E-state index in [0.717, 1.165) is 12.8 Å². The first-order valence-corrected chi connectivity index (χ1v) is 7.75. The van der Waals surface area contributed by atoms with Crippen LogP contribution in [0.4, 0.5) is 5.82 Å². The first-order valence-electron chi connectivity index (χ1n) is 7.37. The van der Waals surface area contributed by atoms with Gasteiger partial charge < -0.3 is 10.6 Å². The Bertz CT molecular complexity index is 521. The van der Waals surface area contributed by atoms with Crippen LogP contribution in [0.1, 0.15) is 52.3 Å². The van der Waals surface area contributed by atoms with Crippen molar-refractivity contribution in [3.63, 3.8) is 0 Å². The molecule has 0 spiro atoms. The first-order chi connectivity index (χ1) is 9.77. The lowest BCUT2D eigenvalue weighted by molar-refractivity contribution is -0.116. The van der Waals surface area contributed by atoms with Crippen LogP contribution in [-0.2, 0) is 10.2 Å². The summed E-state index contributed by atoms with van der Waals surface area (Å²) in [4.78, 5) is 22.3. The highest BCUT2D eigenvalue weighted by atomic mass is 35.5. The zero-order valence-corrected chi connectivity index (χ0v) is 13.7. The van der Waals surface area contributed by atoms with Crippen molar-refractivity contribution in [1.29, 1.82) is 0 Å². The molecule has 1 aromatic rings. The minimum absolute atomic E-state index is 0.168. The second-order valence-electron chi connectivity index (χ2n) is 6.65. The summed E-state index contributed by atoms with van der Waals surface area (Å²) in [5.41, 5.74) is 5.20. The number of amides is 1. The van der Waals surface area contributed by atoms with Crippen LogP contribution in [0.3, 0.4) is 0 Å². The van der Waals surface area contributed by atoms with Crippen molar-refractivity contribution in [2.45, 2.75) is 57.9 Å². The van der Waals surface area contributed by atoms with Crippen molar-refractivity contribution in [1.82, 2.24) is 9.97 Å². The number of aromatic nitrogens is 2. The molecule has 2 rings (SSSR count). The minimum Gasteiger partial charge on any atom is -0.368 e. The van der Waals surface area contributed by atoms with Crippen LogP contribution < -0.4 is 10.6 Å². The monoisotopic (exact) mass is 310 g/mol. The average Bonchev–Trinajstić information content (AvgIpc) is 2.87. The van der Waals surface area contributed by atoms with Gasteiger partial charge in [-0.25, -0.2) is 9.97 Å². The summed E-state index contributed by atoms with van der Waals surface area (Å²) < 4.78 is 0. The normalized spacial score (nSPS) is 16.2. The Morgan fingerprint density at radius 2 is 2.00 bits per heavy atom. The highest BCUT2D eigenvalue weighted by molar-refractivity contribution is 6.29. The SMILES string of the molecule is CC(C)(C)c1nc(Cl)cc(N(CC(N)=O)C2CCCC2)n1. The number of carbonyl (C=O) groups is 1. The van der Waals surface area contributed by atoms with E-state index in [2.05, 4.69) is 9.97 Å². The Hall–Kier alpha value is -1.36. The lowest BCUT2D eigenvalue weighted by atomic mass is 9.96. The smallest absolute Gasteiger partial charge is 0.237 e. The average molecular weight is 311 g/mol. The molecule has 1 saturated carbocycles. The number of carbonyl (C=O) groups excluding carboxylic acids is 1. The van der Waals surface area contributed by atoms with E-state index in [-0.39, 0.29) is 17.9 Å². The molecule has 6 heteroatoms. The van der Waals surface area contributed by atoms with Gasteiger partial charge in [0.25, 0.3) is 0 Å². The molecule has 0 atom stereocenters. The molecule has 2 N–H and O–H groups in total. The van der Waals surface area contributed by atoms with Crippen molar-refractivity contribution >= 4 is 23.3 Å². The van der Waals surface area contributed by atoms with Crippen LogP contribution in [-0.4, -0.2) is 28.5 Å². The third kappa shape index (κ3) is 4.06. The zero-order chi connectivity index (χ0) is 15.6. The molecule has 1 aromatic heterocycles. The summed E-state index contributed by atoms with van der Waals surface area (Å²) in [5.74, 6) is 1.03. The molecule has 21 heavy (non-hydrogen) atoms. The highest BCUT2D eigenvalue weighted by Crippen LogP contribution is 2.30. The van der Waals surface area contributed by atoms with Gasteiger partial charge in [0.05, 0.1) is 6.54 Å². The lowest BCUT2D eigenvalue weighted by Gasteiger charge is -2.30. The third-order valence-corrected chi connectivity index (χ3v) is 3.93. The number of anilines is 1. The number of rotatable bonds is 4. The van der Waals surface area contributed by atoms with Gasteiger partial charge in [-0.3, -0.25) is 4.79 Å². The summed E-state index contributed by atoms with van der Waals surface area (Å²) >= 11 is 6.15. The molecule has 0 unspecified atom stereocenters. The molecule has 116 valence electrons. The van der Waals surface area contributed by atoms with Gasteiger partial charge in [0.15, 0.2) is 0 Å². The number of nitrogens with zero attached hydrogens (tertiary/aromatic N) is 3. The fraction of sp³-hybridized carbons (Fsp3) is 0.667. The summed E-state index contributed by atoms with van der Waals surface area (Å²) in [7, 11) is 0. The maximum Gasteiger partial charge on any atom is 0.237 e. The van der Waals surface area contributed by atoms with Gasteiger partial charge in [0, 0.05) is 17.5 Å². The molecule has 1 amide bonds. The van der Waals surface area contributed by atoms with Crippen LogP contribution in [0.25, 0.3) is 0 Å². The van der Waals surface area contributed by atoms with E-state index >= 15 is 0 Å². The van der Waals surface area contributed by atoms with Gasteiger partial charge in [0.2, 0.25) is 5.91 Å². The predicted octanol–water partition coefficient (Wildman–Crippen LogP) is 2.66. The van der Waals surface area contributed by atoms with Gasteiger partial charge in [-0.05, 0) is 12.8 Å². The number of nitrogens with two attached hydrogens (primary N) is 1. The van der Waals surface area contributed by atoms with Crippen molar-refractivity contribution in [2.24, 2.45) is 5.73 Å². The Labute approximate surface area is 130 Å². The van der Waals surface area contributed by atoms with E-state index < -0.39 is 0 Å². The molecule has 1 heterocycles. The largest absolute Gasteiger partial charge is 0.368 e. The Morgan fingerprint density at radius 1 is 1.38 bits per heavy atom. The van der Waals surface area contributed by atoms with Gasteiger partial charge in [-0.1, -0.05) is 45.2 Å². The Balaban J connectivity index is 2.38. The van der Waals surface area contributed by atoms with Crippen molar-refractivity contribution < 1.29 is 4.79 Å². The van der Waals surface area contributed by atoms with Crippen molar-refractivity contribution in [2.75, 3.05) is 11.4 Å². The fourth-order valence-electron chi connectivity index (χ4n) is 2.67. The molecular formula is C15H23ClN4O. The zero-order valence-electron chi connectivity index (χ0n) is 12.9. The predicted molar refractivity (Wildman–Crippen MR) is 84.5 cm³/mol. The maximum absolute atomic E-state index is 11.4. The number of hydrogen-bond acceptors (Lipinski definition) is 4. The summed E-state index contributed by atoms with van der Waals surface area (Å²) in [6, 6.07) is 2.02. The molecule has 1 fully saturated rings. The summed E-state index contributed by atoms with van der Waals surface area (Å²) in [5, 5.41) is 0.400. The third-order valence-electron chi connectivity index (χ3n) is 3.74. The van der Waals surface area contributed by atoms with E-state index in [1.807, 2.05) is 25.7 Å². The molecule has 1 aliphatic carbocycles. The molecule has 0 bridgehead atoms. The van der Waals surface area contributed by atoms with E-state index in [1.54, 1.807) is 6.07 Å². The molecule has 0 aliphatic heterocycles. The van der Waals surface area contributed by atoms with E-state index in [0.29, 0.717) is 22.8 Å². The number of halogens is 1. The number of primary amides is 1. The molecule has 1 aliphatic rings. The van der Waals surface area contributed by atoms with E-state index in [9.17, 15) is 4.79 Å². The Kier molecular flexibility index (Phi) is 4.71. The molecule has 5 nitrogen and oxygen atoms in total. The number of hydrogen-bond donors (Lipinski definition) is 1. The standard InChI is InChI=1S/C15H23ClN4O/c1-15(2,3)14-18-11(16)8-13(19-14)20(9-12(17)21)10-6-4-5-7-10/h8,10H,4-7,9H2,1-3H3,(H2,17,21). The van der Waals surface area contributed by atoms with Crippen LogP contribution in [0.2, 0.25) is 5.15 Å². The van der Waals surface area contributed by atoms with Gasteiger partial charge in [-0.2, -0.15) is 0 Å². The van der Waals surface area contributed by atoms with Gasteiger partial charge >= 0.3 is 0 Å². The maximum atomic E-state index is 11.4. The van der Waals surface area contributed by atoms with E-state index in [1.165, 1.54) is 12.8 Å². The highest BCUT2D eigenvalue weighted by Gasteiger charge is 2.27. The minimum atomic E-state index is -0.353. The second kappa shape index (κ2) is 6.18. The first kappa shape index (κ1) is 16.0. The van der Waals surface area contributed by atoms with Crippen molar-refractivity contribution in [3.05, 3.63) is 17.0 Å². The van der Waals surface area contributed by atoms with Crippen LogP contribution >= 0.6 is 11.6 Å². The quantitative estimate of drug-likeness (QED) is 0.868. The molecule has 0 saturated heterocycles. The molecule has 0 aromatic carbocycles. The second-order valence-corrected chi connectivity index (χ2v) is 7.04. The van der Waals surface area contributed by atoms with Gasteiger partial charge in [-0.15, -0.1) is 0 Å². The summed E-state index contributed by atoms with van der Waals surface area (Å²) in [6.07, 6.45) is 4.45. The van der Waals surface area contributed by atoms with Crippen LogP contribution in [0.15, 0.2) is 6.07 Å². The van der Waals surface area contributed by atoms with E-state index in [4.69, 9.17) is 17.3 Å². The van der Waals surface area contributed by atoms with Gasteiger partial charge in [0.1, 0.15) is 16.8 Å².